The second-order valence-corrected chi connectivity index (χ2v) is 12.0. The average molecular weight is 564 g/mol. The molecule has 9 nitrogen and oxygen atoms in total. The van der Waals surface area contributed by atoms with Crippen LogP contribution < -0.4 is 0 Å². The van der Waals surface area contributed by atoms with Gasteiger partial charge in [-0.15, -0.1) is 5.92 Å². The number of imidazole rings is 1. The monoisotopic (exact) mass is 563 g/mol. The summed E-state index contributed by atoms with van der Waals surface area (Å²) >= 11 is 0. The summed E-state index contributed by atoms with van der Waals surface area (Å²) in [4.78, 5) is 42.8. The van der Waals surface area contributed by atoms with E-state index in [0.717, 1.165) is 27.1 Å². The molecule has 2 atom stereocenters. The van der Waals surface area contributed by atoms with Gasteiger partial charge in [0.05, 0.1) is 29.0 Å². The lowest BCUT2D eigenvalue weighted by molar-refractivity contribution is 0.00751. The summed E-state index contributed by atoms with van der Waals surface area (Å²) in [6.07, 6.45) is 3.62. The minimum Gasteiger partial charge on any atom is -0.444 e. The third-order valence-electron chi connectivity index (χ3n) is 8.14. The van der Waals surface area contributed by atoms with Crippen LogP contribution in [-0.2, 0) is 4.74 Å². The van der Waals surface area contributed by atoms with Crippen LogP contribution in [-0.4, -0.2) is 67.0 Å². The van der Waals surface area contributed by atoms with Crippen molar-refractivity contribution in [1.29, 1.82) is 0 Å². The quantitative estimate of drug-likeness (QED) is 0.307. The molecule has 4 aromatic rings. The number of benzene rings is 2. The summed E-state index contributed by atoms with van der Waals surface area (Å²) in [6.45, 7) is 5.64. The van der Waals surface area contributed by atoms with Crippen molar-refractivity contribution < 1.29 is 18.4 Å². The first-order valence-corrected chi connectivity index (χ1v) is 14.1. The number of amides is 2. The first-order chi connectivity index (χ1) is 21.3. The summed E-state index contributed by atoms with van der Waals surface area (Å²) < 4.78 is 32.3. The SMILES string of the molecule is [2H]C([2H])([2H])N1C(=O)c2cccc(C#CC)c2[C@H]2C[C@@H]1c1nc3ccc(-c4cnc(C5CN(C(=O)OC(C)(C)C)C5)nc4)cc3n12. The van der Waals surface area contributed by atoms with Gasteiger partial charge in [-0.3, -0.25) is 4.79 Å². The van der Waals surface area contributed by atoms with Gasteiger partial charge in [-0.05, 0) is 57.5 Å². The standard InChI is InChI=1S/C33H32N6O3/c1-6-8-19-9-7-10-23-28(19)26-14-27(37(5)31(23)40)30-36-24-12-11-20(13-25(24)39(26)30)21-15-34-29(35-16-21)22-17-38(18-22)32(41)42-33(2,3)4/h7,9-13,15-16,22,26-27H,14,17-18H2,1-5H3/t26-,27-/m1/s1/i5D3. The summed E-state index contributed by atoms with van der Waals surface area (Å²) in [5.41, 5.74) is 4.47. The van der Waals surface area contributed by atoms with Crippen molar-refractivity contribution in [3.8, 4) is 23.0 Å². The molecule has 0 unspecified atom stereocenters. The van der Waals surface area contributed by atoms with E-state index in [4.69, 9.17) is 13.8 Å². The van der Waals surface area contributed by atoms with Crippen LogP contribution in [0.1, 0.15) is 89.4 Å². The first-order valence-electron chi connectivity index (χ1n) is 15.6. The molecule has 2 amide bonds. The van der Waals surface area contributed by atoms with Gasteiger partial charge in [-0.25, -0.2) is 19.7 Å². The molecule has 0 N–H and O–H groups in total. The Bertz CT molecular complexity index is 1930. The Morgan fingerprint density at radius 2 is 1.88 bits per heavy atom. The maximum atomic E-state index is 13.7. The molecule has 3 aliphatic rings. The molecule has 2 aromatic carbocycles. The average Bonchev–Trinajstić information content (AvgIpc) is 3.44. The number of hydrogen-bond donors (Lipinski definition) is 0. The number of aromatic nitrogens is 4. The van der Waals surface area contributed by atoms with Crippen molar-refractivity contribution in [3.63, 3.8) is 0 Å². The van der Waals surface area contributed by atoms with E-state index < -0.39 is 24.5 Å². The molecular weight excluding hydrogens is 528 g/mol. The Balaban J connectivity index is 1.24. The number of fused-ring (bicyclic) bond motifs is 9. The van der Waals surface area contributed by atoms with Gasteiger partial charge < -0.3 is 19.1 Å². The molecule has 2 aromatic heterocycles. The van der Waals surface area contributed by atoms with E-state index in [0.29, 0.717) is 47.8 Å². The van der Waals surface area contributed by atoms with Crippen LogP contribution in [0.25, 0.3) is 22.2 Å². The molecule has 9 heteroatoms. The third kappa shape index (κ3) is 4.13. The van der Waals surface area contributed by atoms with Crippen molar-refractivity contribution in [3.05, 3.63) is 77.1 Å². The van der Waals surface area contributed by atoms with Gasteiger partial charge in [0.2, 0.25) is 0 Å². The fourth-order valence-electron chi connectivity index (χ4n) is 6.18. The maximum Gasteiger partial charge on any atom is 0.410 e. The molecule has 3 aliphatic heterocycles. The zero-order chi connectivity index (χ0) is 31.8. The second kappa shape index (κ2) is 9.41. The predicted molar refractivity (Wildman–Crippen MR) is 158 cm³/mol. The fraction of sp³-hybridized carbons (Fsp3) is 0.364. The van der Waals surface area contributed by atoms with Crippen molar-refractivity contribution in [1.82, 2.24) is 29.3 Å². The van der Waals surface area contributed by atoms with Crippen molar-refractivity contribution in [2.75, 3.05) is 20.1 Å². The lowest BCUT2D eigenvalue weighted by atomic mass is 9.93. The molecule has 2 bridgehead atoms. The second-order valence-electron chi connectivity index (χ2n) is 12.0. The van der Waals surface area contributed by atoms with Gasteiger partial charge in [0.1, 0.15) is 17.2 Å². The molecule has 0 aliphatic carbocycles. The Morgan fingerprint density at radius 1 is 1.10 bits per heavy atom. The van der Waals surface area contributed by atoms with E-state index in [1.807, 2.05) is 45.0 Å². The summed E-state index contributed by atoms with van der Waals surface area (Å²) in [7, 11) is 0. The van der Waals surface area contributed by atoms with E-state index in [1.165, 1.54) is 0 Å². The maximum absolute atomic E-state index is 13.7. The number of likely N-dealkylation sites (tertiary alicyclic amines) is 1. The van der Waals surface area contributed by atoms with Crippen LogP contribution in [0, 0.1) is 11.8 Å². The molecule has 7 rings (SSSR count). The Morgan fingerprint density at radius 3 is 2.60 bits per heavy atom. The van der Waals surface area contributed by atoms with Crippen molar-refractivity contribution in [2.45, 2.75) is 57.7 Å². The zero-order valence-corrected chi connectivity index (χ0v) is 23.9. The molecule has 1 saturated heterocycles. The van der Waals surface area contributed by atoms with Gasteiger partial charge >= 0.3 is 6.09 Å². The van der Waals surface area contributed by atoms with Gasteiger partial charge in [0.25, 0.3) is 5.91 Å². The van der Waals surface area contributed by atoms with E-state index in [2.05, 4.69) is 26.4 Å². The van der Waals surface area contributed by atoms with Crippen molar-refractivity contribution >= 4 is 23.0 Å². The van der Waals surface area contributed by atoms with E-state index in [9.17, 15) is 9.59 Å². The zero-order valence-electron chi connectivity index (χ0n) is 26.9. The number of nitrogens with zero attached hydrogens (tertiary/aromatic N) is 6. The number of rotatable bonds is 2. The Kier molecular flexibility index (Phi) is 5.14. The molecule has 212 valence electrons. The smallest absolute Gasteiger partial charge is 0.410 e. The minimum absolute atomic E-state index is 0.0414. The Hall–Kier alpha value is -4.71. The highest BCUT2D eigenvalue weighted by molar-refractivity contribution is 5.98. The van der Waals surface area contributed by atoms with E-state index in [1.54, 1.807) is 36.4 Å². The lowest BCUT2D eigenvalue weighted by Gasteiger charge is -2.38. The topological polar surface area (TPSA) is 93.5 Å². The highest BCUT2D eigenvalue weighted by Gasteiger charge is 2.44. The largest absolute Gasteiger partial charge is 0.444 e. The Labute approximate surface area is 248 Å². The van der Waals surface area contributed by atoms with Crippen LogP contribution >= 0.6 is 0 Å². The third-order valence-corrected chi connectivity index (χ3v) is 8.14. The molecular formula is C33H32N6O3. The molecule has 1 fully saturated rings. The van der Waals surface area contributed by atoms with E-state index in [-0.39, 0.29) is 18.1 Å². The molecule has 0 radical (unpaired) electrons. The predicted octanol–water partition coefficient (Wildman–Crippen LogP) is 5.32. The van der Waals surface area contributed by atoms with Gasteiger partial charge in [-0.1, -0.05) is 18.1 Å². The van der Waals surface area contributed by atoms with Gasteiger partial charge in [0.15, 0.2) is 0 Å². The van der Waals surface area contributed by atoms with Crippen LogP contribution in [0.2, 0.25) is 0 Å². The van der Waals surface area contributed by atoms with Gasteiger partial charge in [0, 0.05) is 65.2 Å². The summed E-state index contributed by atoms with van der Waals surface area (Å²) in [5.74, 6) is 6.80. The van der Waals surface area contributed by atoms with Crippen LogP contribution in [0.15, 0.2) is 48.8 Å². The fourth-order valence-corrected chi connectivity index (χ4v) is 6.18. The number of carbonyl (C=O) groups excluding carboxylic acids is 2. The molecule has 0 saturated carbocycles. The lowest BCUT2D eigenvalue weighted by Crippen LogP contribution is -2.50. The highest BCUT2D eigenvalue weighted by atomic mass is 16.6. The van der Waals surface area contributed by atoms with E-state index >= 15 is 0 Å². The van der Waals surface area contributed by atoms with Crippen LogP contribution in [0.3, 0.4) is 0 Å². The normalized spacial score (nSPS) is 20.9. The summed E-state index contributed by atoms with van der Waals surface area (Å²) in [6, 6.07) is 10.1. The number of hydrogen-bond acceptors (Lipinski definition) is 6. The molecule has 5 heterocycles. The summed E-state index contributed by atoms with van der Waals surface area (Å²) in [5, 5.41) is 0. The van der Waals surface area contributed by atoms with Gasteiger partial charge in [-0.2, -0.15) is 0 Å². The van der Waals surface area contributed by atoms with Crippen molar-refractivity contribution in [2.24, 2.45) is 0 Å². The van der Waals surface area contributed by atoms with Crippen LogP contribution in [0.4, 0.5) is 4.79 Å². The molecule has 42 heavy (non-hydrogen) atoms. The molecule has 0 spiro atoms. The number of ether oxygens (including phenoxy) is 1. The minimum atomic E-state index is -2.65. The first kappa shape index (κ1) is 22.9. The highest BCUT2D eigenvalue weighted by Crippen LogP contribution is 2.48. The van der Waals surface area contributed by atoms with Crippen LogP contribution in [0.5, 0.6) is 0 Å². The number of carbonyl (C=O) groups is 2.